The summed E-state index contributed by atoms with van der Waals surface area (Å²) in [7, 11) is 0. The lowest BCUT2D eigenvalue weighted by molar-refractivity contribution is 0.651. The van der Waals surface area contributed by atoms with Crippen LogP contribution in [0.1, 0.15) is 11.4 Å². The second kappa shape index (κ2) is 7.89. The van der Waals surface area contributed by atoms with Gasteiger partial charge in [-0.05, 0) is 12.0 Å². The largest absolute Gasteiger partial charge is 0.370 e. The molecule has 1 aromatic carbocycles. The number of imidazole rings is 1. The molecule has 0 aliphatic heterocycles. The van der Waals surface area contributed by atoms with Gasteiger partial charge < -0.3 is 15.6 Å². The second-order valence-electron chi connectivity index (χ2n) is 4.64. The van der Waals surface area contributed by atoms with Crippen LogP contribution in [0.4, 0.5) is 0 Å². The summed E-state index contributed by atoms with van der Waals surface area (Å²) < 4.78 is 2.11. The van der Waals surface area contributed by atoms with Crippen LogP contribution in [-0.4, -0.2) is 22.1 Å². The van der Waals surface area contributed by atoms with Gasteiger partial charge in [-0.3, -0.25) is 0 Å². The van der Waals surface area contributed by atoms with E-state index in [4.69, 9.17) is 5.73 Å². The minimum absolute atomic E-state index is 0.410. The Labute approximate surface area is 125 Å². The van der Waals surface area contributed by atoms with E-state index in [1.54, 1.807) is 12.3 Å². The van der Waals surface area contributed by atoms with E-state index in [0.29, 0.717) is 19.0 Å². The molecule has 3 N–H and O–H groups in total. The van der Waals surface area contributed by atoms with Gasteiger partial charge in [-0.25, -0.2) is 9.98 Å². The van der Waals surface area contributed by atoms with Crippen LogP contribution in [0.15, 0.2) is 60.4 Å². The van der Waals surface area contributed by atoms with Gasteiger partial charge in [-0.2, -0.15) is 0 Å². The van der Waals surface area contributed by atoms with Crippen molar-refractivity contribution in [2.24, 2.45) is 10.7 Å². The third kappa shape index (κ3) is 4.80. The molecule has 1 aromatic heterocycles. The summed E-state index contributed by atoms with van der Waals surface area (Å²) >= 11 is 0. The van der Waals surface area contributed by atoms with Gasteiger partial charge in [-0.15, -0.1) is 6.58 Å². The summed E-state index contributed by atoms with van der Waals surface area (Å²) in [6, 6.07) is 10.4. The molecule has 5 heteroatoms. The minimum Gasteiger partial charge on any atom is -0.370 e. The number of guanidine groups is 1. The number of aryl methyl sites for hydroxylation is 2. The first-order valence-corrected chi connectivity index (χ1v) is 6.98. The van der Waals surface area contributed by atoms with Gasteiger partial charge in [0.1, 0.15) is 12.4 Å². The zero-order chi connectivity index (χ0) is 14.9. The third-order valence-corrected chi connectivity index (χ3v) is 3.10. The number of hydrogen-bond acceptors (Lipinski definition) is 2. The van der Waals surface area contributed by atoms with E-state index in [2.05, 4.69) is 50.7 Å². The normalized spacial score (nSPS) is 11.3. The number of nitrogens with one attached hydrogen (secondary N) is 1. The first kappa shape index (κ1) is 14.8. The molecule has 2 rings (SSSR count). The SMILES string of the molecule is C=CCNC(N)=NCc1nccn1CCc1ccccc1. The molecule has 0 bridgehead atoms. The van der Waals surface area contributed by atoms with Crippen LogP contribution in [0.25, 0.3) is 0 Å². The Kier molecular flexibility index (Phi) is 5.58. The van der Waals surface area contributed by atoms with Gasteiger partial charge in [0, 0.05) is 25.5 Å². The summed E-state index contributed by atoms with van der Waals surface area (Å²) in [5.41, 5.74) is 7.06. The Hall–Kier alpha value is -2.56. The molecule has 5 nitrogen and oxygen atoms in total. The highest BCUT2D eigenvalue weighted by Gasteiger charge is 2.02. The Morgan fingerprint density at radius 2 is 2.19 bits per heavy atom. The van der Waals surface area contributed by atoms with Crippen LogP contribution in [0, 0.1) is 0 Å². The summed E-state index contributed by atoms with van der Waals surface area (Å²) in [5, 5.41) is 2.94. The first-order chi connectivity index (χ1) is 10.3. The van der Waals surface area contributed by atoms with Crippen LogP contribution >= 0.6 is 0 Å². The molecule has 0 radical (unpaired) electrons. The standard InChI is InChI=1S/C16H21N5/c1-2-9-19-16(17)20-13-15-18-10-12-21(15)11-8-14-6-4-3-5-7-14/h2-7,10,12H,1,8-9,11,13H2,(H3,17,19,20). The van der Waals surface area contributed by atoms with Crippen LogP contribution in [0.5, 0.6) is 0 Å². The highest BCUT2D eigenvalue weighted by atomic mass is 15.1. The van der Waals surface area contributed by atoms with E-state index in [1.165, 1.54) is 5.56 Å². The van der Waals surface area contributed by atoms with Crippen molar-refractivity contribution in [2.45, 2.75) is 19.5 Å². The van der Waals surface area contributed by atoms with Crippen LogP contribution in [0.2, 0.25) is 0 Å². The van der Waals surface area contributed by atoms with E-state index < -0.39 is 0 Å². The second-order valence-corrected chi connectivity index (χ2v) is 4.64. The molecule has 0 fully saturated rings. The van der Waals surface area contributed by atoms with Gasteiger partial charge >= 0.3 is 0 Å². The molecule has 0 saturated heterocycles. The van der Waals surface area contributed by atoms with Crippen molar-refractivity contribution in [3.05, 3.63) is 66.8 Å². The number of rotatable bonds is 7. The fourth-order valence-corrected chi connectivity index (χ4v) is 1.98. The van der Waals surface area contributed by atoms with Crippen LogP contribution < -0.4 is 11.1 Å². The molecule has 0 atom stereocenters. The first-order valence-electron chi connectivity index (χ1n) is 6.98. The zero-order valence-corrected chi connectivity index (χ0v) is 12.1. The van der Waals surface area contributed by atoms with Crippen LogP contribution in [0.3, 0.4) is 0 Å². The maximum Gasteiger partial charge on any atom is 0.189 e. The fraction of sp³-hybridized carbons (Fsp3) is 0.250. The average Bonchev–Trinajstić information content (AvgIpc) is 2.97. The Morgan fingerprint density at radius 3 is 2.95 bits per heavy atom. The molecule has 110 valence electrons. The summed E-state index contributed by atoms with van der Waals surface area (Å²) in [4.78, 5) is 8.61. The maximum atomic E-state index is 5.75. The van der Waals surface area contributed by atoms with E-state index in [1.807, 2.05) is 12.3 Å². The zero-order valence-electron chi connectivity index (χ0n) is 12.1. The molecular weight excluding hydrogens is 262 g/mol. The number of hydrogen-bond donors (Lipinski definition) is 2. The number of benzene rings is 1. The molecule has 0 unspecified atom stereocenters. The molecule has 2 aromatic rings. The highest BCUT2D eigenvalue weighted by molar-refractivity contribution is 5.77. The molecule has 0 spiro atoms. The number of aliphatic imine (C=N–C) groups is 1. The highest BCUT2D eigenvalue weighted by Crippen LogP contribution is 2.05. The topological polar surface area (TPSA) is 68.2 Å². The van der Waals surface area contributed by atoms with Gasteiger partial charge in [0.05, 0.1) is 0 Å². The van der Waals surface area contributed by atoms with Gasteiger partial charge in [0.25, 0.3) is 0 Å². The molecule has 21 heavy (non-hydrogen) atoms. The Balaban J connectivity index is 1.91. The van der Waals surface area contributed by atoms with Crippen molar-refractivity contribution >= 4 is 5.96 Å². The summed E-state index contributed by atoms with van der Waals surface area (Å²) in [5.74, 6) is 1.32. The quantitative estimate of drug-likeness (QED) is 0.462. The van der Waals surface area contributed by atoms with Crippen molar-refractivity contribution in [3.8, 4) is 0 Å². The van der Waals surface area contributed by atoms with Crippen molar-refractivity contribution < 1.29 is 0 Å². The van der Waals surface area contributed by atoms with Crippen molar-refractivity contribution in [1.82, 2.24) is 14.9 Å². The lowest BCUT2D eigenvalue weighted by Gasteiger charge is -2.07. The lowest BCUT2D eigenvalue weighted by atomic mass is 10.1. The summed E-state index contributed by atoms with van der Waals surface area (Å²) in [6.45, 7) is 5.58. The molecule has 0 aliphatic carbocycles. The van der Waals surface area contributed by atoms with Gasteiger partial charge in [0.2, 0.25) is 0 Å². The Morgan fingerprint density at radius 1 is 1.38 bits per heavy atom. The van der Waals surface area contributed by atoms with Gasteiger partial charge in [0.15, 0.2) is 5.96 Å². The smallest absolute Gasteiger partial charge is 0.189 e. The molecular formula is C16H21N5. The van der Waals surface area contributed by atoms with Gasteiger partial charge in [-0.1, -0.05) is 36.4 Å². The number of nitrogens with two attached hydrogens (primary N) is 1. The number of nitrogens with zero attached hydrogens (tertiary/aromatic N) is 3. The van der Waals surface area contributed by atoms with Crippen molar-refractivity contribution in [3.63, 3.8) is 0 Å². The third-order valence-electron chi connectivity index (χ3n) is 3.10. The number of aromatic nitrogens is 2. The van der Waals surface area contributed by atoms with E-state index in [9.17, 15) is 0 Å². The molecule has 0 saturated carbocycles. The minimum atomic E-state index is 0.410. The average molecular weight is 283 g/mol. The van der Waals surface area contributed by atoms with E-state index in [-0.39, 0.29) is 0 Å². The van der Waals surface area contributed by atoms with E-state index >= 15 is 0 Å². The fourth-order valence-electron chi connectivity index (χ4n) is 1.98. The predicted molar refractivity (Wildman–Crippen MR) is 85.9 cm³/mol. The molecule has 0 amide bonds. The maximum absolute atomic E-state index is 5.75. The Bertz CT molecular complexity index is 586. The van der Waals surface area contributed by atoms with E-state index in [0.717, 1.165) is 18.8 Å². The molecule has 1 heterocycles. The monoisotopic (exact) mass is 283 g/mol. The molecule has 0 aliphatic rings. The van der Waals surface area contributed by atoms with Crippen LogP contribution in [-0.2, 0) is 19.5 Å². The van der Waals surface area contributed by atoms with Crippen molar-refractivity contribution in [2.75, 3.05) is 6.54 Å². The summed E-state index contributed by atoms with van der Waals surface area (Å²) in [6.07, 6.45) is 6.48. The lowest BCUT2D eigenvalue weighted by Crippen LogP contribution is -2.31. The predicted octanol–water partition coefficient (Wildman–Crippen LogP) is 1.72. The van der Waals surface area contributed by atoms with Crippen molar-refractivity contribution in [1.29, 1.82) is 0 Å².